The van der Waals surface area contributed by atoms with Gasteiger partial charge in [-0.3, -0.25) is 15.1 Å². The van der Waals surface area contributed by atoms with Crippen LogP contribution in [0, 0.1) is 6.92 Å². The first kappa shape index (κ1) is 23.1. The van der Waals surface area contributed by atoms with Crippen molar-refractivity contribution in [2.45, 2.75) is 26.7 Å². The van der Waals surface area contributed by atoms with Gasteiger partial charge in [-0.1, -0.05) is 79.7 Å². The molecule has 3 aromatic carbocycles. The molecule has 0 heterocycles. The quantitative estimate of drug-likeness (QED) is 0.304. The Hall–Kier alpha value is -3.57. The Morgan fingerprint density at radius 1 is 0.938 bits per heavy atom. The van der Waals surface area contributed by atoms with E-state index in [2.05, 4.69) is 54.9 Å². The molecule has 3 aromatic rings. The Balaban J connectivity index is 1.53. The first-order chi connectivity index (χ1) is 15.6. The van der Waals surface area contributed by atoms with Crippen molar-refractivity contribution in [3.63, 3.8) is 0 Å². The molecule has 0 aliphatic carbocycles. The molecular weight excluding hydrogens is 402 g/mol. The summed E-state index contributed by atoms with van der Waals surface area (Å²) in [6.07, 6.45) is 2.94. The molecular formula is C27H29NO4. The Labute approximate surface area is 189 Å². The van der Waals surface area contributed by atoms with E-state index in [1.54, 1.807) is 12.1 Å². The number of carboxylic acids is 1. The largest absolute Gasteiger partial charge is 0.491 e. The minimum absolute atomic E-state index is 0.0185. The van der Waals surface area contributed by atoms with Gasteiger partial charge in [0.2, 0.25) is 0 Å². The number of nitrogens with one attached hydrogen (secondary N) is 1. The molecule has 0 aromatic heterocycles. The van der Waals surface area contributed by atoms with Crippen molar-refractivity contribution in [1.82, 2.24) is 5.48 Å². The minimum Gasteiger partial charge on any atom is -0.491 e. The maximum absolute atomic E-state index is 11.0. The van der Waals surface area contributed by atoms with Gasteiger partial charge in [0.05, 0.1) is 12.1 Å². The molecule has 0 fully saturated rings. The van der Waals surface area contributed by atoms with E-state index in [1.165, 1.54) is 11.1 Å². The van der Waals surface area contributed by atoms with Crippen LogP contribution in [0.1, 0.15) is 30.0 Å². The van der Waals surface area contributed by atoms with Crippen LogP contribution in [-0.2, 0) is 16.1 Å². The molecule has 0 bridgehead atoms. The Morgan fingerprint density at radius 2 is 1.66 bits per heavy atom. The van der Waals surface area contributed by atoms with Gasteiger partial charge >= 0.3 is 5.97 Å². The summed E-state index contributed by atoms with van der Waals surface area (Å²) in [5.74, 6) is -0.182. The number of aliphatic carboxylic acids is 1. The number of rotatable bonds is 11. The van der Waals surface area contributed by atoms with Crippen LogP contribution in [0.25, 0.3) is 16.8 Å². The predicted molar refractivity (Wildman–Crippen MR) is 127 cm³/mol. The van der Waals surface area contributed by atoms with Crippen molar-refractivity contribution >= 4 is 11.7 Å². The van der Waals surface area contributed by atoms with E-state index in [4.69, 9.17) is 14.7 Å². The fourth-order valence-electron chi connectivity index (χ4n) is 3.39. The van der Waals surface area contributed by atoms with Crippen molar-refractivity contribution in [2.75, 3.05) is 13.2 Å². The monoisotopic (exact) mass is 431 g/mol. The Bertz CT molecular complexity index is 1040. The molecule has 166 valence electrons. The molecule has 0 saturated carbocycles. The van der Waals surface area contributed by atoms with Gasteiger partial charge in [-0.15, -0.1) is 0 Å². The highest BCUT2D eigenvalue weighted by Gasteiger charge is 2.09. The molecule has 0 saturated heterocycles. The second-order valence-corrected chi connectivity index (χ2v) is 7.38. The highest BCUT2D eigenvalue weighted by atomic mass is 16.7. The SMILES string of the molecule is CCC=C(NOCCOc1cccc(CC(=O)O)c1C)c1ccc(-c2ccccc2)cc1. The van der Waals surface area contributed by atoms with Crippen LogP contribution >= 0.6 is 0 Å². The molecule has 0 spiro atoms. The number of carboxylic acid groups (broad SMARTS) is 1. The lowest BCUT2D eigenvalue weighted by Gasteiger charge is -2.14. The molecule has 0 atom stereocenters. The van der Waals surface area contributed by atoms with Gasteiger partial charge in [-0.05, 0) is 47.2 Å². The number of hydroxylamine groups is 1. The number of allylic oxidation sites excluding steroid dienone is 1. The summed E-state index contributed by atoms with van der Waals surface area (Å²) < 4.78 is 5.79. The van der Waals surface area contributed by atoms with Gasteiger partial charge in [-0.25, -0.2) is 0 Å². The minimum atomic E-state index is -0.857. The van der Waals surface area contributed by atoms with E-state index in [1.807, 2.05) is 31.2 Å². The summed E-state index contributed by atoms with van der Waals surface area (Å²) in [6.45, 7) is 4.63. The van der Waals surface area contributed by atoms with E-state index in [0.717, 1.165) is 28.8 Å². The summed E-state index contributed by atoms with van der Waals surface area (Å²) in [4.78, 5) is 16.6. The lowest BCUT2D eigenvalue weighted by atomic mass is 10.0. The number of hydrogen-bond acceptors (Lipinski definition) is 4. The second kappa shape index (κ2) is 11.7. The van der Waals surface area contributed by atoms with E-state index in [9.17, 15) is 4.79 Å². The fourth-order valence-corrected chi connectivity index (χ4v) is 3.39. The molecule has 5 nitrogen and oxygen atoms in total. The molecule has 0 aliphatic rings. The van der Waals surface area contributed by atoms with Gasteiger partial charge in [0.25, 0.3) is 0 Å². The Kier molecular flexibility index (Phi) is 8.46. The van der Waals surface area contributed by atoms with Crippen LogP contribution in [0.5, 0.6) is 5.75 Å². The Morgan fingerprint density at radius 3 is 2.34 bits per heavy atom. The van der Waals surface area contributed by atoms with E-state index in [-0.39, 0.29) is 6.42 Å². The fraction of sp³-hybridized carbons (Fsp3) is 0.222. The summed E-state index contributed by atoms with van der Waals surface area (Å²) in [5.41, 5.74) is 8.94. The molecule has 0 unspecified atom stereocenters. The van der Waals surface area contributed by atoms with Crippen LogP contribution < -0.4 is 10.2 Å². The molecule has 3 rings (SSSR count). The van der Waals surface area contributed by atoms with E-state index < -0.39 is 5.97 Å². The standard InChI is InChI=1S/C27H29NO4/c1-3-8-25(23-15-13-22(14-16-23)21-9-5-4-6-10-21)28-32-18-17-31-26-12-7-11-24(20(26)2)19-27(29)30/h4-16,28H,3,17-19H2,1-2H3,(H,29,30). The molecule has 0 amide bonds. The smallest absolute Gasteiger partial charge is 0.307 e. The normalized spacial score (nSPS) is 11.2. The third kappa shape index (κ3) is 6.46. The average molecular weight is 432 g/mol. The van der Waals surface area contributed by atoms with Crippen LogP contribution in [-0.4, -0.2) is 24.3 Å². The van der Waals surface area contributed by atoms with Crippen LogP contribution in [0.2, 0.25) is 0 Å². The van der Waals surface area contributed by atoms with E-state index in [0.29, 0.717) is 19.0 Å². The zero-order valence-electron chi connectivity index (χ0n) is 18.5. The molecule has 32 heavy (non-hydrogen) atoms. The third-order valence-electron chi connectivity index (χ3n) is 5.07. The van der Waals surface area contributed by atoms with Gasteiger partial charge in [0, 0.05) is 0 Å². The zero-order valence-corrected chi connectivity index (χ0v) is 18.5. The highest BCUT2D eigenvalue weighted by Crippen LogP contribution is 2.23. The van der Waals surface area contributed by atoms with Crippen molar-refractivity contribution in [2.24, 2.45) is 0 Å². The zero-order chi connectivity index (χ0) is 22.8. The number of ether oxygens (including phenoxy) is 1. The van der Waals surface area contributed by atoms with Crippen molar-refractivity contribution in [3.8, 4) is 16.9 Å². The molecule has 0 radical (unpaired) electrons. The lowest BCUT2D eigenvalue weighted by Crippen LogP contribution is -2.18. The summed E-state index contributed by atoms with van der Waals surface area (Å²) in [6, 6.07) is 24.1. The second-order valence-electron chi connectivity index (χ2n) is 7.38. The van der Waals surface area contributed by atoms with Crippen molar-refractivity contribution in [3.05, 3.63) is 95.6 Å². The van der Waals surface area contributed by atoms with Crippen molar-refractivity contribution in [1.29, 1.82) is 0 Å². The highest BCUT2D eigenvalue weighted by molar-refractivity contribution is 5.71. The van der Waals surface area contributed by atoms with E-state index >= 15 is 0 Å². The topological polar surface area (TPSA) is 67.8 Å². The number of carbonyl (C=O) groups is 1. The van der Waals surface area contributed by atoms with Gasteiger partial charge < -0.3 is 9.84 Å². The van der Waals surface area contributed by atoms with Gasteiger partial charge in [-0.2, -0.15) is 0 Å². The van der Waals surface area contributed by atoms with Crippen molar-refractivity contribution < 1.29 is 19.5 Å². The molecule has 5 heteroatoms. The predicted octanol–water partition coefficient (Wildman–Crippen LogP) is 5.64. The van der Waals surface area contributed by atoms with Crippen LogP contribution in [0.15, 0.2) is 78.9 Å². The maximum Gasteiger partial charge on any atom is 0.307 e. The summed E-state index contributed by atoms with van der Waals surface area (Å²) >= 11 is 0. The first-order valence-electron chi connectivity index (χ1n) is 10.8. The maximum atomic E-state index is 11.0. The molecule has 0 aliphatic heterocycles. The number of benzene rings is 3. The van der Waals surface area contributed by atoms with Crippen LogP contribution in [0.3, 0.4) is 0 Å². The summed E-state index contributed by atoms with van der Waals surface area (Å²) in [7, 11) is 0. The average Bonchev–Trinajstić information content (AvgIpc) is 2.81. The molecule has 2 N–H and O–H groups in total. The first-order valence-corrected chi connectivity index (χ1v) is 10.8. The number of hydrogen-bond donors (Lipinski definition) is 2. The van der Waals surface area contributed by atoms with Gasteiger partial charge in [0.1, 0.15) is 19.0 Å². The third-order valence-corrected chi connectivity index (χ3v) is 5.07. The van der Waals surface area contributed by atoms with Crippen LogP contribution in [0.4, 0.5) is 0 Å². The lowest BCUT2D eigenvalue weighted by molar-refractivity contribution is -0.136. The van der Waals surface area contributed by atoms with Gasteiger partial charge in [0.15, 0.2) is 0 Å². The summed E-state index contributed by atoms with van der Waals surface area (Å²) in [5, 5.41) is 9.02.